The third-order valence-corrected chi connectivity index (χ3v) is 2.82. The van der Waals surface area contributed by atoms with Gasteiger partial charge >= 0.3 is 0 Å². The Labute approximate surface area is 93.2 Å². The van der Waals surface area contributed by atoms with Crippen LogP contribution in [0.3, 0.4) is 0 Å². The minimum atomic E-state index is -3.38. The Morgan fingerprint density at radius 2 is 2.12 bits per heavy atom. The van der Waals surface area contributed by atoms with Crippen LogP contribution < -0.4 is 4.72 Å². The molecule has 0 fully saturated rings. The number of ketones is 1. The molecule has 0 atom stereocenters. The van der Waals surface area contributed by atoms with E-state index in [-0.39, 0.29) is 11.7 Å². The van der Waals surface area contributed by atoms with Crippen LogP contribution in [0.4, 0.5) is 5.95 Å². The first kappa shape index (κ1) is 11.0. The SMILES string of the molecule is CS(=O)(=O)Nc1ncc2c(n1)CCCC2=O. The molecule has 0 bridgehead atoms. The van der Waals surface area contributed by atoms with Crippen LogP contribution in [0.5, 0.6) is 0 Å². The van der Waals surface area contributed by atoms with Crippen LogP contribution in [-0.4, -0.2) is 30.4 Å². The number of aryl methyl sites for hydroxylation is 1. The van der Waals surface area contributed by atoms with E-state index in [2.05, 4.69) is 14.7 Å². The summed E-state index contributed by atoms with van der Waals surface area (Å²) in [5, 5.41) is 0. The second-order valence-corrected chi connectivity index (χ2v) is 5.45. The first-order chi connectivity index (χ1) is 7.46. The molecular formula is C9H11N3O3S. The average molecular weight is 241 g/mol. The monoisotopic (exact) mass is 241 g/mol. The van der Waals surface area contributed by atoms with E-state index in [1.807, 2.05) is 0 Å². The van der Waals surface area contributed by atoms with Gasteiger partial charge < -0.3 is 0 Å². The molecule has 0 spiro atoms. The number of Topliss-reactive ketones (excluding diaryl/α,β-unsaturated/α-hetero) is 1. The smallest absolute Gasteiger partial charge is 0.236 e. The number of carbonyl (C=O) groups is 1. The van der Waals surface area contributed by atoms with Crippen molar-refractivity contribution in [3.05, 3.63) is 17.5 Å². The molecule has 0 saturated heterocycles. The van der Waals surface area contributed by atoms with Gasteiger partial charge in [-0.3, -0.25) is 9.52 Å². The van der Waals surface area contributed by atoms with Gasteiger partial charge in [-0.15, -0.1) is 0 Å². The number of carbonyl (C=O) groups excluding carboxylic acids is 1. The average Bonchev–Trinajstić information content (AvgIpc) is 2.15. The molecular weight excluding hydrogens is 230 g/mol. The van der Waals surface area contributed by atoms with Gasteiger partial charge in [-0.2, -0.15) is 0 Å². The molecule has 1 N–H and O–H groups in total. The van der Waals surface area contributed by atoms with Crippen molar-refractivity contribution in [3.8, 4) is 0 Å². The van der Waals surface area contributed by atoms with E-state index in [1.54, 1.807) is 0 Å². The molecule has 0 saturated carbocycles. The van der Waals surface area contributed by atoms with E-state index in [9.17, 15) is 13.2 Å². The summed E-state index contributed by atoms with van der Waals surface area (Å²) in [5.41, 5.74) is 1.13. The molecule has 1 heterocycles. The third kappa shape index (κ3) is 2.35. The summed E-state index contributed by atoms with van der Waals surface area (Å²) in [6, 6.07) is 0. The molecule has 0 aliphatic heterocycles. The third-order valence-electron chi connectivity index (χ3n) is 2.26. The minimum Gasteiger partial charge on any atom is -0.294 e. The van der Waals surface area contributed by atoms with E-state index in [1.165, 1.54) is 6.20 Å². The summed E-state index contributed by atoms with van der Waals surface area (Å²) in [6.45, 7) is 0. The first-order valence-corrected chi connectivity index (χ1v) is 6.72. The fourth-order valence-corrected chi connectivity index (χ4v) is 2.04. The van der Waals surface area contributed by atoms with Crippen LogP contribution >= 0.6 is 0 Å². The maximum absolute atomic E-state index is 11.5. The van der Waals surface area contributed by atoms with Crippen molar-refractivity contribution in [2.45, 2.75) is 19.3 Å². The molecule has 0 radical (unpaired) electrons. The van der Waals surface area contributed by atoms with Crippen molar-refractivity contribution in [1.29, 1.82) is 0 Å². The Morgan fingerprint density at radius 3 is 2.81 bits per heavy atom. The predicted octanol–water partition coefficient (Wildman–Crippen LogP) is 0.367. The van der Waals surface area contributed by atoms with E-state index in [0.29, 0.717) is 24.1 Å². The van der Waals surface area contributed by atoms with Gasteiger partial charge in [-0.1, -0.05) is 0 Å². The first-order valence-electron chi connectivity index (χ1n) is 4.82. The van der Waals surface area contributed by atoms with Crippen molar-refractivity contribution in [2.75, 3.05) is 11.0 Å². The van der Waals surface area contributed by atoms with E-state index < -0.39 is 10.0 Å². The lowest BCUT2D eigenvalue weighted by molar-refractivity contribution is 0.0971. The van der Waals surface area contributed by atoms with Crippen molar-refractivity contribution in [3.63, 3.8) is 0 Å². The summed E-state index contributed by atoms with van der Waals surface area (Å²) in [4.78, 5) is 19.3. The van der Waals surface area contributed by atoms with Crippen LogP contribution in [0, 0.1) is 0 Å². The van der Waals surface area contributed by atoms with Gasteiger partial charge in [0.15, 0.2) is 5.78 Å². The van der Waals surface area contributed by atoms with Crippen LogP contribution in [-0.2, 0) is 16.4 Å². The Morgan fingerprint density at radius 1 is 1.38 bits per heavy atom. The van der Waals surface area contributed by atoms with Gasteiger partial charge in [0, 0.05) is 12.6 Å². The number of nitrogens with one attached hydrogen (secondary N) is 1. The van der Waals surface area contributed by atoms with Crippen molar-refractivity contribution in [1.82, 2.24) is 9.97 Å². The number of anilines is 1. The van der Waals surface area contributed by atoms with E-state index in [0.717, 1.165) is 12.7 Å². The van der Waals surface area contributed by atoms with Crippen molar-refractivity contribution < 1.29 is 13.2 Å². The lowest BCUT2D eigenvalue weighted by Crippen LogP contribution is -2.17. The molecule has 1 aromatic rings. The molecule has 1 aromatic heterocycles. The number of aromatic nitrogens is 2. The van der Waals surface area contributed by atoms with Gasteiger partial charge in [0.05, 0.1) is 17.5 Å². The molecule has 7 heteroatoms. The number of hydrogen-bond acceptors (Lipinski definition) is 5. The second-order valence-electron chi connectivity index (χ2n) is 3.70. The lowest BCUT2D eigenvalue weighted by atomic mass is 9.96. The predicted molar refractivity (Wildman–Crippen MR) is 57.8 cm³/mol. The van der Waals surface area contributed by atoms with E-state index in [4.69, 9.17) is 0 Å². The fourth-order valence-electron chi connectivity index (χ4n) is 1.61. The Hall–Kier alpha value is -1.50. The maximum Gasteiger partial charge on any atom is 0.236 e. The Balaban J connectivity index is 2.36. The molecule has 2 rings (SSSR count). The van der Waals surface area contributed by atoms with Crippen molar-refractivity contribution in [2.24, 2.45) is 0 Å². The second kappa shape index (κ2) is 3.82. The summed E-state index contributed by atoms with van der Waals surface area (Å²) < 4.78 is 24.1. The van der Waals surface area contributed by atoms with Gasteiger partial charge in [-0.05, 0) is 12.8 Å². The molecule has 86 valence electrons. The molecule has 1 aliphatic rings. The standard InChI is InChI=1S/C9H11N3O3S/c1-16(14,15)12-9-10-5-6-7(11-9)3-2-4-8(6)13/h5H,2-4H2,1H3,(H,10,11,12). The zero-order chi connectivity index (χ0) is 11.8. The van der Waals surface area contributed by atoms with Gasteiger partial charge in [0.2, 0.25) is 16.0 Å². The fraction of sp³-hybridized carbons (Fsp3) is 0.444. The topological polar surface area (TPSA) is 89.0 Å². The summed E-state index contributed by atoms with van der Waals surface area (Å²) in [5.74, 6) is 0.0445. The highest BCUT2D eigenvalue weighted by Gasteiger charge is 2.19. The highest BCUT2D eigenvalue weighted by molar-refractivity contribution is 7.91. The van der Waals surface area contributed by atoms with Crippen molar-refractivity contribution >= 4 is 21.8 Å². The Kier molecular flexibility index (Phi) is 2.63. The molecule has 1 aliphatic carbocycles. The summed E-state index contributed by atoms with van der Waals surface area (Å²) >= 11 is 0. The quantitative estimate of drug-likeness (QED) is 0.807. The largest absolute Gasteiger partial charge is 0.294 e. The number of sulfonamides is 1. The Bertz CT molecular complexity index is 539. The number of hydrogen-bond donors (Lipinski definition) is 1. The van der Waals surface area contributed by atoms with Crippen LogP contribution in [0.2, 0.25) is 0 Å². The zero-order valence-corrected chi connectivity index (χ0v) is 9.54. The number of fused-ring (bicyclic) bond motifs is 1. The minimum absolute atomic E-state index is 0.0205. The highest BCUT2D eigenvalue weighted by atomic mass is 32.2. The van der Waals surface area contributed by atoms with Crippen LogP contribution in [0.25, 0.3) is 0 Å². The molecule has 6 nitrogen and oxygen atoms in total. The van der Waals surface area contributed by atoms with Crippen LogP contribution in [0.1, 0.15) is 28.9 Å². The zero-order valence-electron chi connectivity index (χ0n) is 8.73. The van der Waals surface area contributed by atoms with Gasteiger partial charge in [0.25, 0.3) is 0 Å². The van der Waals surface area contributed by atoms with Gasteiger partial charge in [0.1, 0.15) is 0 Å². The molecule has 16 heavy (non-hydrogen) atoms. The molecule has 0 amide bonds. The number of rotatable bonds is 2. The number of nitrogens with zero attached hydrogens (tertiary/aromatic N) is 2. The molecule has 0 aromatic carbocycles. The maximum atomic E-state index is 11.5. The highest BCUT2D eigenvalue weighted by Crippen LogP contribution is 2.19. The van der Waals surface area contributed by atoms with Crippen LogP contribution in [0.15, 0.2) is 6.20 Å². The molecule has 0 unspecified atom stereocenters. The normalized spacial score (nSPS) is 15.7. The lowest BCUT2D eigenvalue weighted by Gasteiger charge is -2.13. The van der Waals surface area contributed by atoms with Gasteiger partial charge in [-0.25, -0.2) is 18.4 Å². The van der Waals surface area contributed by atoms with E-state index >= 15 is 0 Å². The summed E-state index contributed by atoms with van der Waals surface area (Å²) in [7, 11) is -3.38. The summed E-state index contributed by atoms with van der Waals surface area (Å²) in [6.07, 6.45) is 4.36.